The number of nitrogens with one attached hydrogen (secondary N) is 2. The number of aliphatic hydroxyl groups is 1. The molecule has 5 N–H and O–H groups in total. The maximum Gasteiger partial charge on any atom is 0.258 e. The van der Waals surface area contributed by atoms with Crippen LogP contribution in [0.2, 0.25) is 5.02 Å². The minimum Gasteiger partial charge on any atom is -0.486 e. The lowest BCUT2D eigenvalue weighted by molar-refractivity contribution is -0.116. The minimum absolute atomic E-state index is 0.0617. The first-order valence-electron chi connectivity index (χ1n) is 16.2. The number of hydrogen-bond donors (Lipinski definition) is 4. The molecular weight excluding hydrogens is 670 g/mol. The number of para-hydroxylation sites is 3. The van der Waals surface area contributed by atoms with E-state index in [1.807, 2.05) is 6.92 Å². The van der Waals surface area contributed by atoms with Crippen molar-refractivity contribution in [2.45, 2.75) is 63.0 Å². The van der Waals surface area contributed by atoms with Gasteiger partial charge in [0.1, 0.15) is 6.10 Å². The van der Waals surface area contributed by atoms with Crippen LogP contribution < -0.4 is 21.1 Å². The Labute approximate surface area is 292 Å². The molecule has 4 rings (SSSR count). The van der Waals surface area contributed by atoms with Crippen molar-refractivity contribution in [1.82, 2.24) is 9.21 Å². The lowest BCUT2D eigenvalue weighted by Crippen LogP contribution is -2.50. The van der Waals surface area contributed by atoms with E-state index in [9.17, 15) is 27.9 Å². The van der Waals surface area contributed by atoms with Gasteiger partial charge in [0.25, 0.3) is 5.91 Å². The number of hydrogen-bond acceptors (Lipinski definition) is 8. The third-order valence-corrected chi connectivity index (χ3v) is 10.6. The highest BCUT2D eigenvalue weighted by Gasteiger charge is 2.36. The van der Waals surface area contributed by atoms with E-state index in [4.69, 9.17) is 22.1 Å². The van der Waals surface area contributed by atoms with Gasteiger partial charge >= 0.3 is 0 Å². The van der Waals surface area contributed by atoms with E-state index < -0.39 is 22.2 Å². The number of aliphatic hydroxyl groups excluding tert-OH is 1. The average molecular weight is 714 g/mol. The molecule has 3 aromatic rings. The van der Waals surface area contributed by atoms with Gasteiger partial charge in [-0.1, -0.05) is 43.1 Å². The molecule has 3 amide bonds. The van der Waals surface area contributed by atoms with Crippen molar-refractivity contribution in [2.24, 2.45) is 5.92 Å². The number of nitrogen functional groups attached to an aromatic ring is 1. The van der Waals surface area contributed by atoms with Crippen LogP contribution in [0.25, 0.3) is 0 Å². The van der Waals surface area contributed by atoms with Gasteiger partial charge in [-0.25, -0.2) is 8.42 Å². The zero-order valence-corrected chi connectivity index (χ0v) is 29.5. The van der Waals surface area contributed by atoms with Gasteiger partial charge in [0, 0.05) is 37.4 Å². The van der Waals surface area contributed by atoms with Gasteiger partial charge in [-0.3, -0.25) is 14.4 Å². The standard InChI is InChI=1S/C35H44ClN5O7S/c1-23-20-41(24(2)22-42)35(45)27-10-9-13-30(34(27)48-31(23)21-40(3)49(46,47)26-18-16-25(36)17-19-26)39-33(44)15-6-4-5-14-32(43)38-29-12-8-7-11-28(29)37/h7-13,16-19,23-24,31,42H,4-6,14-15,20-22,37H2,1-3H3,(H,38,43)(H,39,44)/t23-,24+,31-/m1/s1. The van der Waals surface area contributed by atoms with Crippen LogP contribution in [0.1, 0.15) is 56.3 Å². The minimum atomic E-state index is -3.92. The molecule has 0 unspecified atom stereocenters. The monoisotopic (exact) mass is 713 g/mol. The van der Waals surface area contributed by atoms with Gasteiger partial charge in [0.15, 0.2) is 5.75 Å². The molecule has 3 aromatic carbocycles. The van der Waals surface area contributed by atoms with E-state index in [0.717, 1.165) is 0 Å². The highest BCUT2D eigenvalue weighted by Crippen LogP contribution is 2.35. The molecule has 0 saturated heterocycles. The molecule has 1 heterocycles. The summed E-state index contributed by atoms with van der Waals surface area (Å²) in [6.07, 6.45) is 1.45. The Kier molecular flexibility index (Phi) is 13.0. The number of nitrogens with zero attached hydrogens (tertiary/aromatic N) is 2. The Balaban J connectivity index is 1.46. The van der Waals surface area contributed by atoms with Crippen LogP contribution >= 0.6 is 11.6 Å². The Morgan fingerprint density at radius 3 is 2.24 bits per heavy atom. The molecule has 0 radical (unpaired) electrons. The van der Waals surface area contributed by atoms with Crippen molar-refractivity contribution in [3.8, 4) is 5.75 Å². The van der Waals surface area contributed by atoms with Crippen molar-refractivity contribution in [3.63, 3.8) is 0 Å². The summed E-state index contributed by atoms with van der Waals surface area (Å²) in [5.74, 6) is -1.08. The van der Waals surface area contributed by atoms with Crippen molar-refractivity contribution in [1.29, 1.82) is 0 Å². The van der Waals surface area contributed by atoms with Gasteiger partial charge in [-0.2, -0.15) is 4.31 Å². The summed E-state index contributed by atoms with van der Waals surface area (Å²) >= 11 is 5.97. The highest BCUT2D eigenvalue weighted by atomic mass is 35.5. The first-order valence-corrected chi connectivity index (χ1v) is 18.0. The number of sulfonamides is 1. The van der Waals surface area contributed by atoms with E-state index in [2.05, 4.69) is 10.6 Å². The number of unbranched alkanes of at least 4 members (excludes halogenated alkanes) is 2. The highest BCUT2D eigenvalue weighted by molar-refractivity contribution is 7.89. The normalized spacial score (nSPS) is 17.0. The predicted molar refractivity (Wildman–Crippen MR) is 190 cm³/mol. The number of benzene rings is 3. The molecule has 0 bridgehead atoms. The van der Waals surface area contributed by atoms with Gasteiger partial charge < -0.3 is 31.1 Å². The van der Waals surface area contributed by atoms with Gasteiger partial charge in [0.05, 0.1) is 46.7 Å². The number of ether oxygens (including phenoxy) is 1. The molecule has 0 saturated carbocycles. The number of rotatable bonds is 14. The molecule has 12 nitrogen and oxygen atoms in total. The fourth-order valence-electron chi connectivity index (χ4n) is 5.48. The van der Waals surface area contributed by atoms with Crippen molar-refractivity contribution in [3.05, 3.63) is 77.3 Å². The van der Waals surface area contributed by atoms with Gasteiger partial charge in [-0.05, 0) is 68.3 Å². The quantitative estimate of drug-likeness (QED) is 0.134. The molecular formula is C35H44ClN5O7S. The second kappa shape index (κ2) is 17.0. The number of likely N-dealkylation sites (N-methyl/N-ethyl adjacent to an activating group) is 1. The summed E-state index contributed by atoms with van der Waals surface area (Å²) < 4.78 is 34.5. The number of amides is 3. The van der Waals surface area contributed by atoms with Crippen LogP contribution in [0.5, 0.6) is 5.75 Å². The number of carbonyl (C=O) groups is 3. The molecule has 1 aliphatic heterocycles. The molecule has 0 aliphatic carbocycles. The zero-order chi connectivity index (χ0) is 35.7. The van der Waals surface area contributed by atoms with E-state index in [1.54, 1.807) is 54.3 Å². The van der Waals surface area contributed by atoms with Gasteiger partial charge in [-0.15, -0.1) is 0 Å². The molecule has 49 heavy (non-hydrogen) atoms. The molecule has 0 aromatic heterocycles. The average Bonchev–Trinajstić information content (AvgIpc) is 3.07. The lowest BCUT2D eigenvalue weighted by atomic mass is 9.99. The Morgan fingerprint density at radius 1 is 1.00 bits per heavy atom. The number of anilines is 3. The molecule has 264 valence electrons. The summed E-state index contributed by atoms with van der Waals surface area (Å²) in [7, 11) is -2.46. The molecule has 1 aliphatic rings. The second-order valence-electron chi connectivity index (χ2n) is 12.3. The Morgan fingerprint density at radius 2 is 1.61 bits per heavy atom. The van der Waals surface area contributed by atoms with E-state index >= 15 is 0 Å². The van der Waals surface area contributed by atoms with Crippen molar-refractivity contribution >= 4 is 56.4 Å². The second-order valence-corrected chi connectivity index (χ2v) is 14.8. The Hall–Kier alpha value is -4.17. The van der Waals surface area contributed by atoms with Gasteiger partial charge in [0.2, 0.25) is 21.8 Å². The van der Waals surface area contributed by atoms with E-state index in [0.29, 0.717) is 35.7 Å². The molecule has 0 fully saturated rings. The van der Waals surface area contributed by atoms with Crippen molar-refractivity contribution < 1.29 is 32.6 Å². The number of carbonyl (C=O) groups excluding carboxylic acids is 3. The smallest absolute Gasteiger partial charge is 0.258 e. The zero-order valence-electron chi connectivity index (χ0n) is 27.9. The summed E-state index contributed by atoms with van der Waals surface area (Å²) in [4.78, 5) is 40.8. The van der Waals surface area contributed by atoms with E-state index in [-0.39, 0.29) is 78.1 Å². The Bertz CT molecular complexity index is 1740. The maximum atomic E-state index is 13.8. The van der Waals surface area contributed by atoms with Crippen LogP contribution in [-0.2, 0) is 19.6 Å². The van der Waals surface area contributed by atoms with E-state index in [1.165, 1.54) is 35.6 Å². The van der Waals surface area contributed by atoms with Crippen LogP contribution in [0.3, 0.4) is 0 Å². The summed E-state index contributed by atoms with van der Waals surface area (Å²) in [6.45, 7) is 3.44. The molecule has 14 heteroatoms. The first kappa shape index (κ1) is 37.6. The van der Waals surface area contributed by atoms with Crippen LogP contribution in [0.15, 0.2) is 71.6 Å². The number of halogens is 1. The number of fused-ring (bicyclic) bond motifs is 1. The number of nitrogens with two attached hydrogens (primary N) is 1. The third-order valence-electron chi connectivity index (χ3n) is 8.47. The fraction of sp³-hybridized carbons (Fsp3) is 0.400. The lowest BCUT2D eigenvalue weighted by Gasteiger charge is -2.38. The van der Waals surface area contributed by atoms with Crippen molar-refractivity contribution in [2.75, 3.05) is 43.1 Å². The van der Waals surface area contributed by atoms with Crippen LogP contribution in [-0.4, -0.2) is 79.3 Å². The summed E-state index contributed by atoms with van der Waals surface area (Å²) in [5, 5.41) is 16.0. The van der Waals surface area contributed by atoms with Crippen LogP contribution in [0.4, 0.5) is 17.1 Å². The summed E-state index contributed by atoms with van der Waals surface area (Å²) in [5.41, 5.74) is 7.39. The predicted octanol–water partition coefficient (Wildman–Crippen LogP) is 4.99. The molecule has 0 spiro atoms. The third kappa shape index (κ3) is 9.72. The SMILES string of the molecule is C[C@@H]1CN([C@@H](C)CO)C(=O)c2cccc(NC(=O)CCCCCC(=O)Nc3ccccc3N)c2O[C@@H]1CN(C)S(=O)(=O)c1ccc(Cl)cc1. The first-order chi connectivity index (χ1) is 23.3. The summed E-state index contributed by atoms with van der Waals surface area (Å²) in [6, 6.07) is 17.2. The topological polar surface area (TPSA) is 171 Å². The fourth-order valence-corrected chi connectivity index (χ4v) is 6.79. The molecule has 3 atom stereocenters. The van der Waals surface area contributed by atoms with Crippen LogP contribution in [0, 0.1) is 5.92 Å². The largest absolute Gasteiger partial charge is 0.486 e. The maximum absolute atomic E-state index is 13.8.